The first-order valence-electron chi connectivity index (χ1n) is 7.92. The molecule has 1 aliphatic rings. The Labute approximate surface area is 144 Å². The number of aryl methyl sites for hydroxylation is 1. The van der Waals surface area contributed by atoms with Crippen molar-refractivity contribution < 1.29 is 15.0 Å². The van der Waals surface area contributed by atoms with Gasteiger partial charge in [0.05, 0.1) is 10.6 Å². The molecule has 3 rings (SSSR count). The standard InChI is InChI=1S/C18H20N2O3S/c1-10-3-4-12-8-17(24-16(12)7-10)18(23)20-19-11(2)14-9-13(21)5-6-15(14)22/h5-6,8-10,21-22H,3-4,7H2,1-2H3,(H,20,23)/b19-11+. The minimum Gasteiger partial charge on any atom is -0.508 e. The van der Waals surface area contributed by atoms with Gasteiger partial charge in [0, 0.05) is 10.4 Å². The lowest BCUT2D eigenvalue weighted by atomic mass is 9.90. The summed E-state index contributed by atoms with van der Waals surface area (Å²) in [4.78, 5) is 14.3. The number of carbonyl (C=O) groups is 1. The third-order valence-corrected chi connectivity index (χ3v) is 5.45. The largest absolute Gasteiger partial charge is 0.508 e. The van der Waals surface area contributed by atoms with E-state index in [4.69, 9.17) is 0 Å². The van der Waals surface area contributed by atoms with Crippen LogP contribution in [0.3, 0.4) is 0 Å². The second kappa shape index (κ2) is 6.65. The SMILES string of the molecule is C/C(=N\NC(=O)c1cc2c(s1)CC(C)CC2)c1cc(O)ccc1O. The summed E-state index contributed by atoms with van der Waals surface area (Å²) in [5, 5.41) is 23.4. The van der Waals surface area contributed by atoms with Crippen LogP contribution in [0.25, 0.3) is 0 Å². The monoisotopic (exact) mass is 344 g/mol. The number of hydrogen-bond acceptors (Lipinski definition) is 5. The van der Waals surface area contributed by atoms with E-state index in [1.807, 2.05) is 6.07 Å². The molecule has 24 heavy (non-hydrogen) atoms. The molecule has 0 spiro atoms. The van der Waals surface area contributed by atoms with Crippen LogP contribution in [0.2, 0.25) is 0 Å². The maximum absolute atomic E-state index is 12.3. The molecule has 1 atom stereocenters. The molecule has 1 aromatic carbocycles. The second-order valence-electron chi connectivity index (χ2n) is 6.25. The number of benzene rings is 1. The zero-order valence-electron chi connectivity index (χ0n) is 13.7. The van der Waals surface area contributed by atoms with Crippen molar-refractivity contribution >= 4 is 23.0 Å². The van der Waals surface area contributed by atoms with Gasteiger partial charge in [0.1, 0.15) is 11.5 Å². The van der Waals surface area contributed by atoms with Gasteiger partial charge < -0.3 is 10.2 Å². The zero-order valence-corrected chi connectivity index (χ0v) is 14.5. The van der Waals surface area contributed by atoms with Crippen LogP contribution in [-0.2, 0) is 12.8 Å². The minimum atomic E-state index is -0.249. The Kier molecular flexibility index (Phi) is 4.57. The molecular weight excluding hydrogens is 324 g/mol. The molecule has 1 unspecified atom stereocenters. The van der Waals surface area contributed by atoms with Crippen LogP contribution >= 0.6 is 11.3 Å². The number of phenolic OH excluding ortho intramolecular Hbond substituents is 2. The number of fused-ring (bicyclic) bond motifs is 1. The van der Waals surface area contributed by atoms with Crippen LogP contribution in [0, 0.1) is 5.92 Å². The van der Waals surface area contributed by atoms with Crippen molar-refractivity contribution in [2.24, 2.45) is 11.0 Å². The maximum atomic E-state index is 12.3. The Morgan fingerprint density at radius 2 is 2.12 bits per heavy atom. The molecule has 126 valence electrons. The molecule has 6 heteroatoms. The fraction of sp³-hybridized carbons (Fsp3) is 0.333. The van der Waals surface area contributed by atoms with Crippen molar-refractivity contribution in [2.75, 3.05) is 0 Å². The predicted octanol–water partition coefficient (Wildman–Crippen LogP) is 3.44. The van der Waals surface area contributed by atoms with E-state index in [1.165, 1.54) is 46.4 Å². The number of phenols is 2. The highest BCUT2D eigenvalue weighted by Gasteiger charge is 2.20. The van der Waals surface area contributed by atoms with E-state index in [1.54, 1.807) is 6.92 Å². The van der Waals surface area contributed by atoms with Crippen molar-refractivity contribution in [3.8, 4) is 11.5 Å². The molecular formula is C18H20N2O3S. The van der Waals surface area contributed by atoms with Crippen LogP contribution in [0.5, 0.6) is 11.5 Å². The average molecular weight is 344 g/mol. The molecule has 0 fully saturated rings. The van der Waals surface area contributed by atoms with E-state index in [0.29, 0.717) is 22.1 Å². The Morgan fingerprint density at radius 3 is 2.92 bits per heavy atom. The molecule has 0 saturated heterocycles. The van der Waals surface area contributed by atoms with Gasteiger partial charge in [-0.15, -0.1) is 11.3 Å². The molecule has 0 saturated carbocycles. The number of amides is 1. The van der Waals surface area contributed by atoms with Gasteiger partial charge in [-0.05, 0) is 61.9 Å². The lowest BCUT2D eigenvalue weighted by Crippen LogP contribution is -2.18. The Bertz CT molecular complexity index is 811. The number of nitrogens with one attached hydrogen (secondary N) is 1. The Morgan fingerprint density at radius 1 is 1.33 bits per heavy atom. The summed E-state index contributed by atoms with van der Waals surface area (Å²) >= 11 is 1.53. The quantitative estimate of drug-likeness (QED) is 0.453. The number of thiophene rings is 1. The molecule has 1 aliphatic carbocycles. The highest BCUT2D eigenvalue weighted by molar-refractivity contribution is 7.14. The summed E-state index contributed by atoms with van der Waals surface area (Å²) in [6.45, 7) is 3.90. The molecule has 0 radical (unpaired) electrons. The number of hydrazone groups is 1. The molecule has 1 amide bonds. The number of carbonyl (C=O) groups excluding carboxylic acids is 1. The molecule has 3 N–H and O–H groups in total. The molecule has 1 aromatic heterocycles. The van der Waals surface area contributed by atoms with E-state index < -0.39 is 0 Å². The van der Waals surface area contributed by atoms with Crippen molar-refractivity contribution in [1.82, 2.24) is 5.43 Å². The third-order valence-electron chi connectivity index (χ3n) is 4.26. The summed E-state index contributed by atoms with van der Waals surface area (Å²) in [7, 11) is 0. The average Bonchev–Trinajstić information content (AvgIpc) is 2.97. The van der Waals surface area contributed by atoms with Crippen LogP contribution < -0.4 is 5.43 Å². The third kappa shape index (κ3) is 3.43. The van der Waals surface area contributed by atoms with Gasteiger partial charge in [0.25, 0.3) is 5.91 Å². The van der Waals surface area contributed by atoms with Gasteiger partial charge >= 0.3 is 0 Å². The highest BCUT2D eigenvalue weighted by Crippen LogP contribution is 2.32. The normalized spacial score (nSPS) is 17.4. The van der Waals surface area contributed by atoms with Crippen molar-refractivity contribution in [1.29, 1.82) is 0 Å². The van der Waals surface area contributed by atoms with Gasteiger partial charge in [-0.1, -0.05) is 6.92 Å². The first kappa shape index (κ1) is 16.5. The van der Waals surface area contributed by atoms with Gasteiger partial charge in [0.2, 0.25) is 0 Å². The molecule has 2 aromatic rings. The van der Waals surface area contributed by atoms with Gasteiger partial charge in [-0.2, -0.15) is 5.10 Å². The van der Waals surface area contributed by atoms with E-state index >= 15 is 0 Å². The number of aromatic hydroxyl groups is 2. The van der Waals surface area contributed by atoms with Crippen molar-refractivity contribution in [2.45, 2.75) is 33.1 Å². The number of nitrogens with zero attached hydrogens (tertiary/aromatic N) is 1. The smallest absolute Gasteiger partial charge is 0.281 e. The first-order valence-corrected chi connectivity index (χ1v) is 8.74. The van der Waals surface area contributed by atoms with Gasteiger partial charge in [-0.25, -0.2) is 5.43 Å². The fourth-order valence-electron chi connectivity index (χ4n) is 2.85. The van der Waals surface area contributed by atoms with Crippen molar-refractivity contribution in [3.63, 3.8) is 0 Å². The lowest BCUT2D eigenvalue weighted by molar-refractivity contribution is 0.0959. The van der Waals surface area contributed by atoms with Crippen LogP contribution in [0.1, 0.15) is 45.9 Å². The highest BCUT2D eigenvalue weighted by atomic mass is 32.1. The summed E-state index contributed by atoms with van der Waals surface area (Å²) in [6.07, 6.45) is 3.23. The van der Waals surface area contributed by atoms with E-state index in [2.05, 4.69) is 17.5 Å². The van der Waals surface area contributed by atoms with Gasteiger partial charge in [-0.3, -0.25) is 4.79 Å². The molecule has 0 bridgehead atoms. The first-order chi connectivity index (χ1) is 11.4. The topological polar surface area (TPSA) is 81.9 Å². The van der Waals surface area contributed by atoms with E-state index in [0.717, 1.165) is 12.8 Å². The number of hydrogen-bond donors (Lipinski definition) is 3. The number of rotatable bonds is 3. The lowest BCUT2D eigenvalue weighted by Gasteiger charge is -2.16. The molecule has 1 heterocycles. The van der Waals surface area contributed by atoms with Crippen LogP contribution in [0.15, 0.2) is 29.4 Å². The maximum Gasteiger partial charge on any atom is 0.281 e. The predicted molar refractivity (Wildman–Crippen MR) is 95.0 cm³/mol. The van der Waals surface area contributed by atoms with Crippen LogP contribution in [-0.4, -0.2) is 21.8 Å². The summed E-state index contributed by atoms with van der Waals surface area (Å²) in [5.41, 5.74) is 4.61. The molecule has 0 aliphatic heterocycles. The van der Waals surface area contributed by atoms with Crippen LogP contribution in [0.4, 0.5) is 0 Å². The second-order valence-corrected chi connectivity index (χ2v) is 7.38. The van der Waals surface area contributed by atoms with Gasteiger partial charge in [0.15, 0.2) is 0 Å². The Balaban J connectivity index is 1.74. The summed E-state index contributed by atoms with van der Waals surface area (Å²) in [5.74, 6) is 0.453. The van der Waals surface area contributed by atoms with Crippen molar-refractivity contribution in [3.05, 3.63) is 45.1 Å². The summed E-state index contributed by atoms with van der Waals surface area (Å²) < 4.78 is 0. The minimum absolute atomic E-state index is 0.00359. The molecule has 5 nitrogen and oxygen atoms in total. The summed E-state index contributed by atoms with van der Waals surface area (Å²) in [6, 6.07) is 6.14. The van der Waals surface area contributed by atoms with E-state index in [-0.39, 0.29) is 17.4 Å². The van der Waals surface area contributed by atoms with E-state index in [9.17, 15) is 15.0 Å². The zero-order chi connectivity index (χ0) is 17.3. The fourth-order valence-corrected chi connectivity index (χ4v) is 4.11. The Hall–Kier alpha value is -2.34.